The summed E-state index contributed by atoms with van der Waals surface area (Å²) in [5.41, 5.74) is 0.239. The number of hydrogen-bond donors (Lipinski definition) is 2. The number of rotatable bonds is 6. The molecule has 3 rings (SSSR count). The molecule has 2 heterocycles. The Morgan fingerprint density at radius 3 is 2.50 bits per heavy atom. The van der Waals surface area contributed by atoms with Gasteiger partial charge in [0.15, 0.2) is 5.96 Å². The molecule has 2 saturated heterocycles. The van der Waals surface area contributed by atoms with Crippen molar-refractivity contribution < 1.29 is 18.0 Å². The van der Waals surface area contributed by atoms with Gasteiger partial charge in [-0.05, 0) is 43.9 Å². The highest BCUT2D eigenvalue weighted by atomic mass is 19.4. The summed E-state index contributed by atoms with van der Waals surface area (Å²) in [6.45, 7) is 6.68. The molecule has 0 saturated carbocycles. The second-order valence-corrected chi connectivity index (χ2v) is 7.84. The number of halogens is 3. The summed E-state index contributed by atoms with van der Waals surface area (Å²) in [5, 5.41) is 6.57. The first kappa shape index (κ1) is 22.4. The Hall–Kier alpha value is -2.29. The predicted molar refractivity (Wildman–Crippen MR) is 110 cm³/mol. The summed E-state index contributed by atoms with van der Waals surface area (Å²) < 4.78 is 38.1. The van der Waals surface area contributed by atoms with Crippen molar-refractivity contribution in [1.82, 2.24) is 20.4 Å². The summed E-state index contributed by atoms with van der Waals surface area (Å²) >= 11 is 0. The molecule has 166 valence electrons. The quantitative estimate of drug-likeness (QED) is 0.543. The van der Waals surface area contributed by atoms with Crippen molar-refractivity contribution in [2.24, 2.45) is 4.99 Å². The van der Waals surface area contributed by atoms with Gasteiger partial charge in [0.2, 0.25) is 5.91 Å². The van der Waals surface area contributed by atoms with E-state index in [1.54, 1.807) is 12.1 Å². The van der Waals surface area contributed by atoms with Crippen molar-refractivity contribution in [3.63, 3.8) is 0 Å². The van der Waals surface area contributed by atoms with Crippen molar-refractivity contribution in [2.45, 2.75) is 44.9 Å². The van der Waals surface area contributed by atoms with Crippen LogP contribution in [0.3, 0.4) is 0 Å². The Morgan fingerprint density at radius 1 is 1.17 bits per heavy atom. The first-order valence-electron chi connectivity index (χ1n) is 10.6. The fourth-order valence-corrected chi connectivity index (χ4v) is 3.88. The summed E-state index contributed by atoms with van der Waals surface area (Å²) in [6.07, 6.45) is -1.28. The van der Waals surface area contributed by atoms with Gasteiger partial charge in [-0.3, -0.25) is 9.69 Å². The predicted octanol–water partition coefficient (Wildman–Crippen LogP) is 2.46. The molecule has 2 aliphatic rings. The van der Waals surface area contributed by atoms with Crippen LogP contribution in [0.4, 0.5) is 13.2 Å². The molecule has 1 atom stereocenters. The number of likely N-dealkylation sites (tertiary alicyclic amines) is 2. The largest absolute Gasteiger partial charge is 0.416 e. The third kappa shape index (κ3) is 6.35. The van der Waals surface area contributed by atoms with E-state index in [0.29, 0.717) is 19.0 Å². The Morgan fingerprint density at radius 2 is 1.87 bits per heavy atom. The van der Waals surface area contributed by atoms with Gasteiger partial charge in [0.25, 0.3) is 0 Å². The molecule has 30 heavy (non-hydrogen) atoms. The zero-order valence-corrected chi connectivity index (χ0v) is 17.3. The normalized spacial score (nSPS) is 20.6. The fourth-order valence-electron chi connectivity index (χ4n) is 3.88. The molecule has 0 spiro atoms. The van der Waals surface area contributed by atoms with Gasteiger partial charge in [-0.2, -0.15) is 13.2 Å². The number of guanidine groups is 1. The lowest BCUT2D eigenvalue weighted by molar-refractivity contribution is -0.137. The molecule has 0 radical (unpaired) electrons. The smallest absolute Gasteiger partial charge is 0.357 e. The van der Waals surface area contributed by atoms with Crippen LogP contribution in [0.1, 0.15) is 37.3 Å². The molecule has 0 aromatic heterocycles. The van der Waals surface area contributed by atoms with Gasteiger partial charge in [-0.25, -0.2) is 4.99 Å². The molecule has 2 aliphatic heterocycles. The highest BCUT2D eigenvalue weighted by Gasteiger charge is 2.30. The summed E-state index contributed by atoms with van der Waals surface area (Å²) in [5.74, 6) is 0.687. The minimum absolute atomic E-state index is 0.0556. The van der Waals surface area contributed by atoms with E-state index in [1.165, 1.54) is 0 Å². The molecular formula is C21H30F3N5O. The second kappa shape index (κ2) is 10.1. The van der Waals surface area contributed by atoms with E-state index in [1.807, 2.05) is 11.8 Å². The molecule has 6 nitrogen and oxygen atoms in total. The number of aliphatic imine (C=N–C) groups is 1. The lowest BCUT2D eigenvalue weighted by Gasteiger charge is -2.19. The average molecular weight is 425 g/mol. The van der Waals surface area contributed by atoms with Gasteiger partial charge < -0.3 is 15.5 Å². The first-order chi connectivity index (χ1) is 14.3. The molecule has 9 heteroatoms. The standard InChI is InChI=1S/C21H30F3N5O/c1-2-25-20(26-13-19(30)29-10-3-4-11-29)27-18-9-12-28(15-18)14-16-5-7-17(8-6-16)21(22,23)24/h5-8,18H,2-4,9-15H2,1H3,(H2,25,26,27). The molecule has 1 aromatic rings. The molecule has 0 aliphatic carbocycles. The number of carbonyl (C=O) groups is 1. The van der Waals surface area contributed by atoms with E-state index in [9.17, 15) is 18.0 Å². The number of amides is 1. The molecular weight excluding hydrogens is 395 g/mol. The molecule has 1 aromatic carbocycles. The second-order valence-electron chi connectivity index (χ2n) is 7.84. The topological polar surface area (TPSA) is 60.0 Å². The Kier molecular flexibility index (Phi) is 7.58. The SMILES string of the molecule is CCNC(=NCC(=O)N1CCCC1)NC1CCN(Cc2ccc(C(F)(F)F)cc2)C1. The number of carbonyl (C=O) groups excluding carboxylic acids is 1. The third-order valence-electron chi connectivity index (χ3n) is 5.48. The van der Waals surface area contributed by atoms with Crippen LogP contribution in [-0.2, 0) is 17.5 Å². The lowest BCUT2D eigenvalue weighted by atomic mass is 10.1. The monoisotopic (exact) mass is 425 g/mol. The molecule has 2 N–H and O–H groups in total. The van der Waals surface area contributed by atoms with E-state index >= 15 is 0 Å². The molecule has 1 unspecified atom stereocenters. The zero-order chi connectivity index (χ0) is 21.6. The van der Waals surface area contributed by atoms with E-state index in [2.05, 4.69) is 20.5 Å². The van der Waals surface area contributed by atoms with Crippen LogP contribution in [0.5, 0.6) is 0 Å². The van der Waals surface area contributed by atoms with Crippen LogP contribution in [-0.4, -0.2) is 67.0 Å². The summed E-state index contributed by atoms with van der Waals surface area (Å²) in [7, 11) is 0. The maximum absolute atomic E-state index is 12.7. The van der Waals surface area contributed by atoms with Crippen LogP contribution in [0.15, 0.2) is 29.3 Å². The van der Waals surface area contributed by atoms with Gasteiger partial charge in [-0.1, -0.05) is 12.1 Å². The van der Waals surface area contributed by atoms with Crippen molar-refractivity contribution >= 4 is 11.9 Å². The van der Waals surface area contributed by atoms with Crippen molar-refractivity contribution in [3.05, 3.63) is 35.4 Å². The van der Waals surface area contributed by atoms with Crippen molar-refractivity contribution in [3.8, 4) is 0 Å². The van der Waals surface area contributed by atoms with Crippen LogP contribution in [0, 0.1) is 0 Å². The number of benzene rings is 1. The highest BCUT2D eigenvalue weighted by molar-refractivity contribution is 5.85. The average Bonchev–Trinajstić information content (AvgIpc) is 3.38. The highest BCUT2D eigenvalue weighted by Crippen LogP contribution is 2.29. The fraction of sp³-hybridized carbons (Fsp3) is 0.619. The lowest BCUT2D eigenvalue weighted by Crippen LogP contribution is -2.45. The first-order valence-corrected chi connectivity index (χ1v) is 10.6. The number of nitrogens with zero attached hydrogens (tertiary/aromatic N) is 3. The van der Waals surface area contributed by atoms with E-state index in [4.69, 9.17) is 0 Å². The minimum atomic E-state index is -4.31. The van der Waals surface area contributed by atoms with Crippen molar-refractivity contribution in [2.75, 3.05) is 39.3 Å². The zero-order valence-electron chi connectivity index (χ0n) is 17.3. The minimum Gasteiger partial charge on any atom is -0.357 e. The van der Waals surface area contributed by atoms with Gasteiger partial charge >= 0.3 is 6.18 Å². The van der Waals surface area contributed by atoms with Crippen LogP contribution < -0.4 is 10.6 Å². The van der Waals surface area contributed by atoms with Gasteiger partial charge in [-0.15, -0.1) is 0 Å². The molecule has 2 fully saturated rings. The van der Waals surface area contributed by atoms with Gasteiger partial charge in [0, 0.05) is 45.3 Å². The summed E-state index contributed by atoms with van der Waals surface area (Å²) in [4.78, 5) is 20.7. The maximum atomic E-state index is 12.7. The van der Waals surface area contributed by atoms with E-state index in [0.717, 1.165) is 63.1 Å². The number of nitrogens with one attached hydrogen (secondary N) is 2. The molecule has 1 amide bonds. The van der Waals surface area contributed by atoms with E-state index in [-0.39, 0.29) is 18.5 Å². The van der Waals surface area contributed by atoms with E-state index < -0.39 is 11.7 Å². The van der Waals surface area contributed by atoms with Crippen molar-refractivity contribution in [1.29, 1.82) is 0 Å². The Labute approximate surface area is 175 Å². The summed E-state index contributed by atoms with van der Waals surface area (Å²) in [6, 6.07) is 5.53. The number of alkyl halides is 3. The van der Waals surface area contributed by atoms with Crippen LogP contribution in [0.2, 0.25) is 0 Å². The van der Waals surface area contributed by atoms with Gasteiger partial charge in [0.1, 0.15) is 6.54 Å². The van der Waals surface area contributed by atoms with Gasteiger partial charge in [0.05, 0.1) is 5.56 Å². The third-order valence-corrected chi connectivity index (χ3v) is 5.48. The number of hydrogen-bond acceptors (Lipinski definition) is 3. The molecule has 0 bridgehead atoms. The van der Waals surface area contributed by atoms with Crippen LogP contribution in [0.25, 0.3) is 0 Å². The maximum Gasteiger partial charge on any atom is 0.416 e. The van der Waals surface area contributed by atoms with Crippen LogP contribution >= 0.6 is 0 Å². The Bertz CT molecular complexity index is 729. The Balaban J connectivity index is 1.49.